The van der Waals surface area contributed by atoms with Crippen LogP contribution in [0.5, 0.6) is 0 Å². The summed E-state index contributed by atoms with van der Waals surface area (Å²) in [7, 11) is 0. The Hall–Kier alpha value is -5.73. The van der Waals surface area contributed by atoms with Gasteiger partial charge in [-0.25, -0.2) is 4.79 Å². The molecule has 0 aliphatic carbocycles. The molecule has 11 nitrogen and oxygen atoms in total. The standard InChI is InChI=1S/C39H38ClN5O4.C2HF3O2/c40-32-14-10-30(11-15-32)39(49)44-25-31-12-16-33-28(13-17-35(46)42-22-18-41-19-23-42)4-3-5-34(33)37(31)45(36(47)26-44)24-27-6-8-29(9-7-27)38(48)43-20-1-2-21-43;3-2(4,5)1(6)7/h1-12,14-16,41H,13,17-26H2;(H,6,7). The number of nitrogens with zero attached hydrogens (tertiary/aromatic N) is 4. The normalized spacial score (nSPS) is 15.6. The highest BCUT2D eigenvalue weighted by molar-refractivity contribution is 6.30. The number of halogens is 4. The van der Waals surface area contributed by atoms with Gasteiger partial charge in [-0.3, -0.25) is 19.2 Å². The van der Waals surface area contributed by atoms with E-state index >= 15 is 0 Å². The average Bonchev–Trinajstić information content (AvgIpc) is 3.70. The van der Waals surface area contributed by atoms with Gasteiger partial charge in [-0.15, -0.1) is 0 Å². The molecule has 56 heavy (non-hydrogen) atoms. The molecule has 0 spiro atoms. The zero-order valence-corrected chi connectivity index (χ0v) is 31.0. The minimum atomic E-state index is -5.08. The van der Waals surface area contributed by atoms with Crippen molar-refractivity contribution in [3.8, 4) is 0 Å². The molecular formula is C41H39ClF3N5O6. The first-order valence-corrected chi connectivity index (χ1v) is 18.4. The van der Waals surface area contributed by atoms with Gasteiger partial charge in [-0.1, -0.05) is 66.2 Å². The highest BCUT2D eigenvalue weighted by atomic mass is 35.5. The smallest absolute Gasteiger partial charge is 0.475 e. The van der Waals surface area contributed by atoms with Crippen LogP contribution in [0.2, 0.25) is 5.02 Å². The fourth-order valence-electron chi connectivity index (χ4n) is 6.91. The van der Waals surface area contributed by atoms with Gasteiger partial charge in [0.25, 0.3) is 11.8 Å². The van der Waals surface area contributed by atoms with E-state index in [-0.39, 0.29) is 43.3 Å². The lowest BCUT2D eigenvalue weighted by atomic mass is 9.96. The number of fused-ring (bicyclic) bond motifs is 3. The topological polar surface area (TPSA) is 131 Å². The van der Waals surface area contributed by atoms with Crippen molar-refractivity contribution in [3.63, 3.8) is 0 Å². The third-order valence-corrected chi connectivity index (χ3v) is 10.1. The summed E-state index contributed by atoms with van der Waals surface area (Å²) in [6, 6.07) is 24.2. The van der Waals surface area contributed by atoms with Crippen molar-refractivity contribution in [2.24, 2.45) is 0 Å². The Labute approximate surface area is 325 Å². The van der Waals surface area contributed by atoms with Crippen molar-refractivity contribution < 1.29 is 42.3 Å². The molecule has 0 bridgehead atoms. The van der Waals surface area contributed by atoms with E-state index in [1.54, 1.807) is 39.0 Å². The first kappa shape index (κ1) is 39.9. The van der Waals surface area contributed by atoms with Crippen molar-refractivity contribution in [1.82, 2.24) is 20.0 Å². The van der Waals surface area contributed by atoms with Crippen LogP contribution in [-0.4, -0.2) is 101 Å². The number of hydrogen-bond donors (Lipinski definition) is 2. The molecule has 0 saturated carbocycles. The molecule has 15 heteroatoms. The number of carboxylic acids is 1. The average molecular weight is 790 g/mol. The van der Waals surface area contributed by atoms with Gasteiger partial charge in [0.1, 0.15) is 6.54 Å². The molecule has 7 rings (SSSR count). The Morgan fingerprint density at radius 2 is 1.36 bits per heavy atom. The van der Waals surface area contributed by atoms with Gasteiger partial charge in [0.05, 0.1) is 12.2 Å². The molecule has 4 aromatic carbocycles. The van der Waals surface area contributed by atoms with E-state index < -0.39 is 12.1 Å². The van der Waals surface area contributed by atoms with Crippen LogP contribution in [-0.2, 0) is 33.9 Å². The zero-order chi connectivity index (χ0) is 40.0. The molecule has 0 aromatic heterocycles. The molecule has 4 aromatic rings. The summed E-state index contributed by atoms with van der Waals surface area (Å²) in [5.74, 6) is -3.11. The molecule has 1 fully saturated rings. The Morgan fingerprint density at radius 3 is 1.98 bits per heavy atom. The second-order valence-corrected chi connectivity index (χ2v) is 14.0. The number of hydrogen-bond acceptors (Lipinski definition) is 6. The number of carboxylic acid groups (broad SMARTS) is 1. The Morgan fingerprint density at radius 1 is 0.750 bits per heavy atom. The van der Waals surface area contributed by atoms with Crippen molar-refractivity contribution in [3.05, 3.63) is 124 Å². The number of anilines is 1. The van der Waals surface area contributed by atoms with E-state index in [0.717, 1.165) is 59.3 Å². The van der Waals surface area contributed by atoms with E-state index in [1.807, 2.05) is 71.6 Å². The van der Waals surface area contributed by atoms with E-state index in [2.05, 4.69) is 5.32 Å². The predicted molar refractivity (Wildman–Crippen MR) is 204 cm³/mol. The molecule has 2 N–H and O–H groups in total. The quantitative estimate of drug-likeness (QED) is 0.230. The van der Waals surface area contributed by atoms with Crippen LogP contribution in [0.15, 0.2) is 91.0 Å². The van der Waals surface area contributed by atoms with E-state index in [0.29, 0.717) is 42.1 Å². The summed E-state index contributed by atoms with van der Waals surface area (Å²) < 4.78 is 31.7. The minimum absolute atomic E-state index is 0.0296. The Kier molecular flexibility index (Phi) is 12.4. The van der Waals surface area contributed by atoms with Crippen LogP contribution >= 0.6 is 11.6 Å². The molecule has 3 aliphatic rings. The largest absolute Gasteiger partial charge is 0.490 e. The molecule has 292 valence electrons. The van der Waals surface area contributed by atoms with E-state index in [1.165, 1.54) is 0 Å². The van der Waals surface area contributed by atoms with Crippen LogP contribution in [0.25, 0.3) is 10.8 Å². The molecule has 0 atom stereocenters. The number of nitrogens with one attached hydrogen (secondary N) is 1. The summed E-state index contributed by atoms with van der Waals surface area (Å²) >= 11 is 6.09. The van der Waals surface area contributed by atoms with Crippen LogP contribution in [0.1, 0.15) is 43.8 Å². The maximum atomic E-state index is 14.2. The van der Waals surface area contributed by atoms with Crippen molar-refractivity contribution in [1.29, 1.82) is 0 Å². The molecule has 0 unspecified atom stereocenters. The number of amides is 4. The maximum Gasteiger partial charge on any atom is 0.490 e. The number of benzene rings is 4. The molecule has 1 saturated heterocycles. The van der Waals surface area contributed by atoms with Gasteiger partial charge < -0.3 is 30.0 Å². The molecule has 4 amide bonds. The zero-order valence-electron chi connectivity index (χ0n) is 30.2. The highest BCUT2D eigenvalue weighted by Crippen LogP contribution is 2.37. The summed E-state index contributed by atoms with van der Waals surface area (Å²) in [5, 5.41) is 12.8. The predicted octanol–water partition coefficient (Wildman–Crippen LogP) is 5.69. The number of aliphatic carboxylic acids is 1. The van der Waals surface area contributed by atoms with Gasteiger partial charge in [-0.2, -0.15) is 13.2 Å². The number of piperazine rings is 1. The maximum absolute atomic E-state index is 14.2. The lowest BCUT2D eigenvalue weighted by Crippen LogP contribution is -2.46. The van der Waals surface area contributed by atoms with Gasteiger partial charge in [-0.05, 0) is 64.9 Å². The number of aryl methyl sites for hydroxylation is 1. The number of alkyl halides is 3. The first-order chi connectivity index (χ1) is 26.8. The number of carbonyl (C=O) groups is 5. The van der Waals surface area contributed by atoms with Gasteiger partial charge in [0.15, 0.2) is 0 Å². The summed E-state index contributed by atoms with van der Waals surface area (Å²) in [4.78, 5) is 69.9. The highest BCUT2D eigenvalue weighted by Gasteiger charge is 2.38. The fourth-order valence-corrected chi connectivity index (χ4v) is 7.04. The van der Waals surface area contributed by atoms with E-state index in [4.69, 9.17) is 21.5 Å². The fraction of sp³-hybridized carbons (Fsp3) is 0.293. The monoisotopic (exact) mass is 789 g/mol. The minimum Gasteiger partial charge on any atom is -0.475 e. The van der Waals surface area contributed by atoms with Crippen LogP contribution in [0, 0.1) is 0 Å². The van der Waals surface area contributed by atoms with Gasteiger partial charge >= 0.3 is 12.1 Å². The lowest BCUT2D eigenvalue weighted by Gasteiger charge is -2.27. The van der Waals surface area contributed by atoms with Crippen LogP contribution in [0.3, 0.4) is 0 Å². The third kappa shape index (κ3) is 9.37. The molecule has 3 aliphatic heterocycles. The number of carbonyl (C=O) groups excluding carboxylic acids is 4. The third-order valence-electron chi connectivity index (χ3n) is 9.81. The molecule has 3 heterocycles. The summed E-state index contributed by atoms with van der Waals surface area (Å²) in [5.41, 5.74) is 4.56. The molecular weight excluding hydrogens is 751 g/mol. The van der Waals surface area contributed by atoms with Crippen molar-refractivity contribution in [2.45, 2.75) is 32.1 Å². The summed E-state index contributed by atoms with van der Waals surface area (Å²) in [6.07, 6.45) is -0.137. The van der Waals surface area contributed by atoms with Gasteiger partial charge in [0, 0.05) is 73.8 Å². The second kappa shape index (κ2) is 17.4. The van der Waals surface area contributed by atoms with Gasteiger partial charge in [0.2, 0.25) is 11.8 Å². The summed E-state index contributed by atoms with van der Waals surface area (Å²) in [6.45, 7) is 4.66. The van der Waals surface area contributed by atoms with Crippen LogP contribution in [0.4, 0.5) is 18.9 Å². The van der Waals surface area contributed by atoms with Crippen molar-refractivity contribution in [2.75, 3.05) is 50.7 Å². The SMILES string of the molecule is O=C(CCc1cccc2c3c(ccc12)CN(C(=O)c1ccc(Cl)cc1)CC(=O)N3Cc1ccc(C(=O)N2CC=CC2)cc1)N1CCNCC1.O=C(O)C(F)(F)F. The van der Waals surface area contributed by atoms with E-state index in [9.17, 15) is 32.3 Å². The molecule has 0 radical (unpaired) electrons. The lowest BCUT2D eigenvalue weighted by molar-refractivity contribution is -0.192. The van der Waals surface area contributed by atoms with Crippen molar-refractivity contribution >= 4 is 57.7 Å². The second-order valence-electron chi connectivity index (χ2n) is 13.5. The number of rotatable bonds is 7. The Balaban J connectivity index is 0.000000695. The van der Waals surface area contributed by atoms with Crippen LogP contribution < -0.4 is 10.2 Å². The Bertz CT molecular complexity index is 2150. The first-order valence-electron chi connectivity index (χ1n) is 18.0.